The first-order valence-corrected chi connectivity index (χ1v) is 13.1. The van der Waals surface area contributed by atoms with E-state index >= 15 is 0 Å². The zero-order valence-corrected chi connectivity index (χ0v) is 24.9. The molecule has 2 heterocycles. The van der Waals surface area contributed by atoms with Crippen molar-refractivity contribution < 1.29 is 30.6 Å². The molecule has 0 bridgehead atoms. The van der Waals surface area contributed by atoms with Gasteiger partial charge in [-0.1, -0.05) is 98.6 Å². The minimum absolute atomic E-state index is 0. The van der Waals surface area contributed by atoms with Gasteiger partial charge in [-0.05, 0) is 41.2 Å². The monoisotopic (exact) mass is 704 g/mol. The number of phenols is 1. The third-order valence-corrected chi connectivity index (χ3v) is 6.97. The second-order valence-electron chi connectivity index (χ2n) is 10.8. The fourth-order valence-corrected chi connectivity index (χ4v) is 4.88. The number of benzene rings is 4. The number of phenolic OH excluding ortho intramolecular Hbond substituents is 1. The zero-order chi connectivity index (χ0) is 27.0. The van der Waals surface area contributed by atoms with Gasteiger partial charge in [0.1, 0.15) is 11.3 Å². The second-order valence-corrected chi connectivity index (χ2v) is 10.8. The summed E-state index contributed by atoms with van der Waals surface area (Å²) in [5.41, 5.74) is 8.88. The largest absolute Gasteiger partial charge is 0.507 e. The van der Waals surface area contributed by atoms with Crippen molar-refractivity contribution >= 4 is 11.1 Å². The summed E-state index contributed by atoms with van der Waals surface area (Å²) >= 11 is 0. The molecule has 0 aliphatic carbocycles. The molecule has 0 atom stereocenters. The Balaban J connectivity index is 0.00000323. The number of aromatic hydroxyl groups is 1. The van der Waals surface area contributed by atoms with Crippen LogP contribution in [0.25, 0.3) is 44.9 Å². The molecule has 0 aliphatic heterocycles. The molecule has 2 aromatic heterocycles. The third-order valence-electron chi connectivity index (χ3n) is 6.97. The van der Waals surface area contributed by atoms with Gasteiger partial charge in [0.15, 0.2) is 0 Å². The quantitative estimate of drug-likeness (QED) is 0.183. The summed E-state index contributed by atoms with van der Waals surface area (Å²) in [4.78, 5) is 9.53. The van der Waals surface area contributed by atoms with Gasteiger partial charge < -0.3 is 9.52 Å². The average Bonchev–Trinajstić information content (AvgIpc) is 3.37. The number of fused-ring (bicyclic) bond motifs is 1. The molecule has 4 aromatic carbocycles. The molecular formula is C35H29N2O2Pt-. The SMILES string of the molecule is CC(C)(C)c1cc(-c2ccccn2)[c-]c(-c2cccc3oc(-c4c(O)cccc4Cc4ccccc4)nc23)c1.[Pt]. The van der Waals surface area contributed by atoms with Crippen molar-refractivity contribution in [2.24, 2.45) is 0 Å². The maximum absolute atomic E-state index is 10.9. The van der Waals surface area contributed by atoms with Crippen LogP contribution in [-0.2, 0) is 32.9 Å². The molecule has 0 unspecified atom stereocenters. The average molecular weight is 705 g/mol. The summed E-state index contributed by atoms with van der Waals surface area (Å²) in [6, 6.07) is 35.5. The van der Waals surface area contributed by atoms with Gasteiger partial charge >= 0.3 is 0 Å². The Morgan fingerprint density at radius 3 is 2.33 bits per heavy atom. The van der Waals surface area contributed by atoms with E-state index in [-0.39, 0.29) is 32.2 Å². The van der Waals surface area contributed by atoms with E-state index in [1.54, 1.807) is 12.3 Å². The Kier molecular flexibility index (Phi) is 7.74. The molecule has 4 nitrogen and oxygen atoms in total. The number of rotatable bonds is 5. The Hall–Kier alpha value is -4.01. The van der Waals surface area contributed by atoms with Crippen molar-refractivity contribution in [3.63, 3.8) is 0 Å². The summed E-state index contributed by atoms with van der Waals surface area (Å²) in [6.45, 7) is 6.61. The first-order chi connectivity index (χ1) is 18.9. The van der Waals surface area contributed by atoms with Crippen LogP contribution in [0.15, 0.2) is 108 Å². The van der Waals surface area contributed by atoms with Crippen LogP contribution >= 0.6 is 0 Å². The fraction of sp³-hybridized carbons (Fsp3) is 0.143. The number of para-hydroxylation sites is 1. The molecule has 0 amide bonds. The molecule has 0 spiro atoms. The zero-order valence-electron chi connectivity index (χ0n) is 22.6. The van der Waals surface area contributed by atoms with Gasteiger partial charge in [0.05, 0.1) is 11.1 Å². The normalized spacial score (nSPS) is 11.4. The molecule has 1 N–H and O–H groups in total. The van der Waals surface area contributed by atoms with Crippen molar-refractivity contribution in [2.45, 2.75) is 32.6 Å². The molecule has 0 fully saturated rings. The maximum atomic E-state index is 10.9. The molecule has 0 saturated heterocycles. The standard InChI is InChI=1S/C35H29N2O2.Pt/c1-35(2,3)27-21-25(20-26(22-27)29-15-7-8-18-36-29)28-14-10-17-31-33(28)37-34(39-31)32-24(13-9-16-30(32)38)19-23-11-5-4-6-12-23;/h4-18,21-22,38H,19H2,1-3H3;/q-1;. The molecule has 6 aromatic rings. The van der Waals surface area contributed by atoms with Gasteiger partial charge in [-0.2, -0.15) is 0 Å². The van der Waals surface area contributed by atoms with Crippen LogP contribution < -0.4 is 0 Å². The summed E-state index contributed by atoms with van der Waals surface area (Å²) in [6.07, 6.45) is 2.46. The van der Waals surface area contributed by atoms with E-state index in [0.717, 1.165) is 39.0 Å². The Morgan fingerprint density at radius 2 is 1.57 bits per heavy atom. The topological polar surface area (TPSA) is 59.2 Å². The number of oxazole rings is 1. The van der Waals surface area contributed by atoms with Crippen LogP contribution in [-0.4, -0.2) is 15.1 Å². The Morgan fingerprint density at radius 1 is 0.825 bits per heavy atom. The van der Waals surface area contributed by atoms with Gasteiger partial charge in [-0.3, -0.25) is 4.98 Å². The summed E-state index contributed by atoms with van der Waals surface area (Å²) < 4.78 is 6.29. The molecule has 0 radical (unpaired) electrons. The molecule has 0 aliphatic rings. The predicted octanol–water partition coefficient (Wildman–Crippen LogP) is 8.62. The Bertz CT molecular complexity index is 1770. The van der Waals surface area contributed by atoms with E-state index in [4.69, 9.17) is 9.40 Å². The molecule has 40 heavy (non-hydrogen) atoms. The molecule has 5 heteroatoms. The van der Waals surface area contributed by atoms with Crippen molar-refractivity contribution in [1.29, 1.82) is 0 Å². The van der Waals surface area contributed by atoms with Crippen LogP contribution in [0.2, 0.25) is 0 Å². The summed E-state index contributed by atoms with van der Waals surface area (Å²) in [5, 5.41) is 10.9. The van der Waals surface area contributed by atoms with E-state index in [1.165, 1.54) is 5.56 Å². The minimum Gasteiger partial charge on any atom is -0.507 e. The second kappa shape index (κ2) is 11.2. The van der Waals surface area contributed by atoms with Gasteiger partial charge in [0.2, 0.25) is 5.89 Å². The van der Waals surface area contributed by atoms with Crippen LogP contribution in [0.1, 0.15) is 37.5 Å². The molecular weight excluding hydrogens is 675 g/mol. The third kappa shape index (κ3) is 5.50. The van der Waals surface area contributed by atoms with Crippen molar-refractivity contribution in [2.75, 3.05) is 0 Å². The van der Waals surface area contributed by atoms with Crippen LogP contribution in [0.4, 0.5) is 0 Å². The summed E-state index contributed by atoms with van der Waals surface area (Å²) in [5.74, 6) is 0.550. The fourth-order valence-electron chi connectivity index (χ4n) is 4.88. The van der Waals surface area contributed by atoms with Crippen LogP contribution in [0.5, 0.6) is 5.75 Å². The van der Waals surface area contributed by atoms with E-state index in [2.05, 4.69) is 56.1 Å². The minimum atomic E-state index is -0.0710. The number of hydrogen-bond donors (Lipinski definition) is 1. The van der Waals surface area contributed by atoms with Crippen molar-refractivity contribution in [3.8, 4) is 39.6 Å². The Labute approximate surface area is 249 Å². The van der Waals surface area contributed by atoms with Gasteiger partial charge in [-0.25, -0.2) is 4.98 Å². The predicted molar refractivity (Wildman–Crippen MR) is 157 cm³/mol. The van der Waals surface area contributed by atoms with Crippen molar-refractivity contribution in [3.05, 3.63) is 126 Å². The van der Waals surface area contributed by atoms with E-state index < -0.39 is 0 Å². The summed E-state index contributed by atoms with van der Waals surface area (Å²) in [7, 11) is 0. The van der Waals surface area contributed by atoms with Gasteiger partial charge in [0.25, 0.3) is 0 Å². The van der Waals surface area contributed by atoms with Gasteiger partial charge in [0, 0.05) is 33.0 Å². The molecule has 0 saturated carbocycles. The first kappa shape index (κ1) is 27.6. The van der Waals surface area contributed by atoms with Crippen LogP contribution in [0, 0.1) is 6.07 Å². The number of hydrogen-bond acceptors (Lipinski definition) is 4. The van der Waals surface area contributed by atoms with E-state index in [0.29, 0.717) is 23.5 Å². The maximum Gasteiger partial charge on any atom is 0.230 e. The number of pyridine rings is 1. The van der Waals surface area contributed by atoms with E-state index in [1.807, 2.05) is 66.7 Å². The molecule has 6 rings (SSSR count). The number of nitrogens with zero attached hydrogens (tertiary/aromatic N) is 2. The van der Waals surface area contributed by atoms with Crippen LogP contribution in [0.3, 0.4) is 0 Å². The molecule has 202 valence electrons. The first-order valence-electron chi connectivity index (χ1n) is 13.1. The van der Waals surface area contributed by atoms with Crippen molar-refractivity contribution in [1.82, 2.24) is 9.97 Å². The smallest absolute Gasteiger partial charge is 0.230 e. The van der Waals surface area contributed by atoms with E-state index in [9.17, 15) is 5.11 Å². The number of aromatic nitrogens is 2. The van der Waals surface area contributed by atoms with Gasteiger partial charge in [-0.15, -0.1) is 29.3 Å².